The fourth-order valence-electron chi connectivity index (χ4n) is 1.81. The zero-order chi connectivity index (χ0) is 16.0. The monoisotopic (exact) mass is 292 g/mol. The molecule has 0 saturated carbocycles. The van der Waals surface area contributed by atoms with E-state index in [1.54, 1.807) is 27.0 Å². The molecule has 0 aromatic rings. The van der Waals surface area contributed by atoms with Crippen molar-refractivity contribution in [2.75, 3.05) is 7.11 Å². The molecule has 1 heterocycles. The van der Waals surface area contributed by atoms with Crippen LogP contribution in [0.2, 0.25) is 0 Å². The van der Waals surface area contributed by atoms with Crippen LogP contribution < -0.4 is 5.32 Å². The molecule has 0 aliphatic carbocycles. The first-order chi connectivity index (χ1) is 9.71. The number of methoxy groups -OCH3 is 1. The quantitative estimate of drug-likeness (QED) is 0.626. The summed E-state index contributed by atoms with van der Waals surface area (Å²) in [6, 6.07) is -0.934. The fraction of sp³-hybridized carbons (Fsp3) is 0.643. The van der Waals surface area contributed by atoms with Crippen molar-refractivity contribution in [2.24, 2.45) is 4.99 Å². The summed E-state index contributed by atoms with van der Waals surface area (Å²) in [6.45, 7) is 5.25. The molecule has 0 bridgehead atoms. The van der Waals surface area contributed by atoms with Crippen molar-refractivity contribution < 1.29 is 19.1 Å². The van der Waals surface area contributed by atoms with Gasteiger partial charge in [0.05, 0.1) is 13.2 Å². The average Bonchev–Trinajstić information content (AvgIpc) is 2.37. The van der Waals surface area contributed by atoms with Gasteiger partial charge in [-0.1, -0.05) is 11.5 Å². The largest absolute Gasteiger partial charge is 0.467 e. The van der Waals surface area contributed by atoms with E-state index < -0.39 is 23.7 Å². The minimum atomic E-state index is -0.806. The van der Waals surface area contributed by atoms with Crippen molar-refractivity contribution in [1.82, 2.24) is 5.32 Å². The summed E-state index contributed by atoms with van der Waals surface area (Å²) in [6.07, 6.45) is 3.67. The SMILES string of the molecule is [B]C1=CCC(C[C@H](NC(=O)OC(C)(C)C)C(=O)OC)N=C1. The van der Waals surface area contributed by atoms with E-state index in [0.717, 1.165) is 0 Å². The van der Waals surface area contributed by atoms with Crippen LogP contribution in [0.5, 0.6) is 0 Å². The maximum absolute atomic E-state index is 11.8. The second-order valence-corrected chi connectivity index (χ2v) is 5.83. The molecule has 1 aliphatic heterocycles. The number of esters is 1. The van der Waals surface area contributed by atoms with Gasteiger partial charge in [-0.15, -0.1) is 0 Å². The lowest BCUT2D eigenvalue weighted by atomic mass is 9.91. The Bertz CT molecular complexity index is 454. The topological polar surface area (TPSA) is 77.0 Å². The molecule has 6 nitrogen and oxygen atoms in total. The second-order valence-electron chi connectivity index (χ2n) is 5.83. The number of allylic oxidation sites excluding steroid dienone is 1. The van der Waals surface area contributed by atoms with Gasteiger partial charge in [0.25, 0.3) is 0 Å². The molecule has 1 rings (SSSR count). The van der Waals surface area contributed by atoms with Gasteiger partial charge in [-0.25, -0.2) is 9.59 Å². The lowest BCUT2D eigenvalue weighted by molar-refractivity contribution is -0.143. The predicted molar refractivity (Wildman–Crippen MR) is 80.5 cm³/mol. The molecule has 114 valence electrons. The first-order valence-electron chi connectivity index (χ1n) is 6.77. The van der Waals surface area contributed by atoms with E-state index in [9.17, 15) is 9.59 Å². The Hall–Kier alpha value is -1.79. The van der Waals surface area contributed by atoms with Crippen LogP contribution in [0.25, 0.3) is 0 Å². The molecule has 0 saturated heterocycles. The molecule has 7 heteroatoms. The van der Waals surface area contributed by atoms with Gasteiger partial charge in [-0.3, -0.25) is 4.99 Å². The van der Waals surface area contributed by atoms with Crippen molar-refractivity contribution in [3.8, 4) is 0 Å². The summed E-state index contributed by atoms with van der Waals surface area (Å²) in [5.41, 5.74) is -0.0359. The fourth-order valence-corrected chi connectivity index (χ4v) is 1.81. The van der Waals surface area contributed by atoms with Crippen molar-refractivity contribution in [3.63, 3.8) is 0 Å². The molecule has 21 heavy (non-hydrogen) atoms. The Balaban J connectivity index is 2.63. The molecule has 0 fully saturated rings. The summed E-state index contributed by atoms with van der Waals surface area (Å²) < 4.78 is 9.85. The van der Waals surface area contributed by atoms with Crippen LogP contribution >= 0.6 is 0 Å². The molecule has 0 aromatic heterocycles. The van der Waals surface area contributed by atoms with Crippen LogP contribution in [-0.4, -0.2) is 50.9 Å². The number of alkyl carbamates (subject to hydrolysis) is 1. The molecule has 1 aliphatic rings. The van der Waals surface area contributed by atoms with Gasteiger partial charge in [0.1, 0.15) is 19.5 Å². The zero-order valence-corrected chi connectivity index (χ0v) is 12.9. The molecule has 2 atom stereocenters. The standard InChI is InChI=1S/C14H21BN2O4/c1-14(2,3)21-13(19)17-11(12(18)20-4)7-10-6-5-9(15)8-16-10/h5,8,10-11H,6-7H2,1-4H3,(H,17,19)/t10?,11-/m0/s1. The molecule has 0 spiro atoms. The highest BCUT2D eigenvalue weighted by Crippen LogP contribution is 2.14. The van der Waals surface area contributed by atoms with Crippen molar-refractivity contribution in [3.05, 3.63) is 11.5 Å². The average molecular weight is 292 g/mol. The van der Waals surface area contributed by atoms with Gasteiger partial charge in [0.15, 0.2) is 0 Å². The Morgan fingerprint density at radius 2 is 2.19 bits per heavy atom. The van der Waals surface area contributed by atoms with E-state index in [1.807, 2.05) is 6.08 Å². The summed E-state index contributed by atoms with van der Waals surface area (Å²) in [5, 5.41) is 2.52. The first-order valence-corrected chi connectivity index (χ1v) is 6.77. The third-order valence-corrected chi connectivity index (χ3v) is 2.74. The minimum Gasteiger partial charge on any atom is -0.467 e. The maximum atomic E-state index is 11.8. The van der Waals surface area contributed by atoms with E-state index in [4.69, 9.17) is 17.3 Å². The van der Waals surface area contributed by atoms with Crippen LogP contribution in [0.15, 0.2) is 16.5 Å². The van der Waals surface area contributed by atoms with E-state index in [1.165, 1.54) is 7.11 Å². The summed E-state index contributed by atoms with van der Waals surface area (Å²) >= 11 is 0. The van der Waals surface area contributed by atoms with Gasteiger partial charge in [-0.2, -0.15) is 0 Å². The van der Waals surface area contributed by atoms with Gasteiger partial charge in [0, 0.05) is 12.6 Å². The second kappa shape index (κ2) is 7.29. The number of aliphatic imine (C=N–C) groups is 1. The van der Waals surface area contributed by atoms with Gasteiger partial charge >= 0.3 is 12.1 Å². The van der Waals surface area contributed by atoms with Gasteiger partial charge in [-0.05, 0) is 27.2 Å². The Morgan fingerprint density at radius 1 is 1.52 bits per heavy atom. The third kappa shape index (κ3) is 6.47. The Kier molecular flexibility index (Phi) is 5.99. The van der Waals surface area contributed by atoms with Crippen LogP contribution in [0.4, 0.5) is 4.79 Å². The first kappa shape index (κ1) is 17.3. The van der Waals surface area contributed by atoms with Crippen LogP contribution in [-0.2, 0) is 14.3 Å². The summed E-state index contributed by atoms with van der Waals surface area (Å²) in [5.74, 6) is -0.529. The third-order valence-electron chi connectivity index (χ3n) is 2.74. The zero-order valence-electron chi connectivity index (χ0n) is 12.9. The number of carbonyl (C=O) groups is 2. The number of carbonyl (C=O) groups excluding carboxylic acids is 2. The molecule has 1 unspecified atom stereocenters. The Labute approximate surface area is 126 Å². The lowest BCUT2D eigenvalue weighted by Crippen LogP contribution is -2.45. The normalized spacial score (nSPS) is 19.4. The number of amides is 1. The van der Waals surface area contributed by atoms with E-state index >= 15 is 0 Å². The number of nitrogens with zero attached hydrogens (tertiary/aromatic N) is 1. The number of hydrogen-bond acceptors (Lipinski definition) is 5. The smallest absolute Gasteiger partial charge is 0.408 e. The van der Waals surface area contributed by atoms with Gasteiger partial charge in [0.2, 0.25) is 0 Å². The molecular weight excluding hydrogens is 271 g/mol. The number of dihydropyridines is 1. The van der Waals surface area contributed by atoms with Crippen LogP contribution in [0.1, 0.15) is 33.6 Å². The number of ether oxygens (including phenoxy) is 2. The van der Waals surface area contributed by atoms with Crippen LogP contribution in [0.3, 0.4) is 0 Å². The predicted octanol–water partition coefficient (Wildman–Crippen LogP) is 1.34. The Morgan fingerprint density at radius 3 is 2.67 bits per heavy atom. The van der Waals surface area contributed by atoms with E-state index in [2.05, 4.69) is 10.3 Å². The highest BCUT2D eigenvalue weighted by molar-refractivity contribution is 6.33. The lowest BCUT2D eigenvalue weighted by Gasteiger charge is -2.24. The molecule has 1 N–H and O–H groups in total. The summed E-state index contributed by atoms with van der Waals surface area (Å²) in [7, 11) is 6.87. The van der Waals surface area contributed by atoms with Crippen LogP contribution in [0, 0.1) is 0 Å². The number of rotatable bonds is 4. The van der Waals surface area contributed by atoms with E-state index in [0.29, 0.717) is 18.3 Å². The molecule has 2 radical (unpaired) electrons. The molecule has 0 aromatic carbocycles. The number of nitrogens with one attached hydrogen (secondary N) is 1. The number of hydrogen-bond donors (Lipinski definition) is 1. The highest BCUT2D eigenvalue weighted by Gasteiger charge is 2.27. The molecular formula is C14H21BN2O4. The maximum Gasteiger partial charge on any atom is 0.408 e. The van der Waals surface area contributed by atoms with E-state index in [-0.39, 0.29) is 6.04 Å². The van der Waals surface area contributed by atoms with Crippen molar-refractivity contribution in [1.29, 1.82) is 0 Å². The highest BCUT2D eigenvalue weighted by atomic mass is 16.6. The summed E-state index contributed by atoms with van der Waals surface area (Å²) in [4.78, 5) is 27.8. The van der Waals surface area contributed by atoms with Gasteiger partial charge < -0.3 is 14.8 Å². The van der Waals surface area contributed by atoms with Crippen molar-refractivity contribution >= 4 is 26.1 Å². The van der Waals surface area contributed by atoms with Crippen molar-refractivity contribution in [2.45, 2.75) is 51.3 Å². The molecule has 1 amide bonds. The minimum absolute atomic E-state index is 0.128.